The number of hydrogen-bond acceptors (Lipinski definition) is 4. The lowest BCUT2D eigenvalue weighted by atomic mass is 10.4. The quantitative estimate of drug-likeness (QED) is 0.718. The van der Waals surface area contributed by atoms with Crippen LogP contribution in [-0.4, -0.2) is 24.0 Å². The third kappa shape index (κ3) is 4.64. The molecule has 0 unspecified atom stereocenters. The molecule has 0 saturated carbocycles. The van der Waals surface area contributed by atoms with Crippen molar-refractivity contribution in [1.82, 2.24) is 5.32 Å². The Labute approximate surface area is 92.1 Å². The summed E-state index contributed by atoms with van der Waals surface area (Å²) in [5, 5.41) is 4.86. The molecule has 3 N–H and O–H groups in total. The molecule has 0 spiro atoms. The van der Waals surface area contributed by atoms with Crippen molar-refractivity contribution in [2.24, 2.45) is 5.73 Å². The highest BCUT2D eigenvalue weighted by molar-refractivity contribution is 7.99. The normalized spacial score (nSPS) is 10.1. The Morgan fingerprint density at radius 1 is 1.64 bits per heavy atom. The molecule has 1 rings (SSSR count). The molecule has 14 heavy (non-hydrogen) atoms. The SMILES string of the molecule is NCCSCC(=O)NCc1cccs1. The van der Waals surface area contributed by atoms with Gasteiger partial charge in [-0.05, 0) is 11.4 Å². The molecule has 78 valence electrons. The van der Waals surface area contributed by atoms with E-state index in [9.17, 15) is 4.79 Å². The minimum absolute atomic E-state index is 0.0804. The van der Waals surface area contributed by atoms with E-state index in [1.54, 1.807) is 23.1 Å². The number of carbonyl (C=O) groups is 1. The Morgan fingerprint density at radius 2 is 2.50 bits per heavy atom. The van der Waals surface area contributed by atoms with E-state index in [0.717, 1.165) is 5.75 Å². The van der Waals surface area contributed by atoms with E-state index in [1.807, 2.05) is 17.5 Å². The molecule has 0 aromatic carbocycles. The first-order chi connectivity index (χ1) is 6.83. The zero-order valence-corrected chi connectivity index (χ0v) is 9.50. The maximum Gasteiger partial charge on any atom is 0.230 e. The molecule has 1 aromatic heterocycles. The van der Waals surface area contributed by atoms with Crippen LogP contribution in [0.5, 0.6) is 0 Å². The second-order valence-corrected chi connectivity index (χ2v) is 4.83. The van der Waals surface area contributed by atoms with Crippen molar-refractivity contribution in [2.45, 2.75) is 6.54 Å². The predicted octanol–water partition coefficient (Wildman–Crippen LogP) is 1.06. The van der Waals surface area contributed by atoms with Crippen LogP contribution in [0.3, 0.4) is 0 Å². The zero-order valence-electron chi connectivity index (χ0n) is 7.86. The number of amides is 1. The van der Waals surface area contributed by atoms with Gasteiger partial charge in [0.2, 0.25) is 5.91 Å². The van der Waals surface area contributed by atoms with Gasteiger partial charge in [-0.2, -0.15) is 11.8 Å². The minimum Gasteiger partial charge on any atom is -0.350 e. The molecular formula is C9H14N2OS2. The summed E-state index contributed by atoms with van der Waals surface area (Å²) in [6, 6.07) is 3.99. The number of thiophene rings is 1. The van der Waals surface area contributed by atoms with Gasteiger partial charge in [-0.15, -0.1) is 11.3 Å². The van der Waals surface area contributed by atoms with E-state index in [-0.39, 0.29) is 5.91 Å². The lowest BCUT2D eigenvalue weighted by molar-refractivity contribution is -0.118. The van der Waals surface area contributed by atoms with Gasteiger partial charge >= 0.3 is 0 Å². The van der Waals surface area contributed by atoms with Crippen molar-refractivity contribution in [3.63, 3.8) is 0 Å². The maximum atomic E-state index is 11.2. The maximum absolute atomic E-state index is 11.2. The summed E-state index contributed by atoms with van der Waals surface area (Å²) < 4.78 is 0. The molecule has 5 heteroatoms. The fraction of sp³-hybridized carbons (Fsp3) is 0.444. The van der Waals surface area contributed by atoms with Gasteiger partial charge < -0.3 is 11.1 Å². The van der Waals surface area contributed by atoms with Crippen LogP contribution in [0.4, 0.5) is 0 Å². The van der Waals surface area contributed by atoms with Crippen molar-refractivity contribution in [2.75, 3.05) is 18.1 Å². The molecule has 0 aliphatic carbocycles. The molecule has 0 aliphatic heterocycles. The average molecular weight is 230 g/mol. The highest BCUT2D eigenvalue weighted by Gasteiger charge is 2.00. The second-order valence-electron chi connectivity index (χ2n) is 2.70. The Morgan fingerprint density at radius 3 is 3.14 bits per heavy atom. The lowest BCUT2D eigenvalue weighted by Crippen LogP contribution is -2.24. The van der Waals surface area contributed by atoms with Crippen LogP contribution in [0, 0.1) is 0 Å². The number of nitrogens with two attached hydrogens (primary N) is 1. The predicted molar refractivity (Wildman–Crippen MR) is 62.5 cm³/mol. The molecule has 3 nitrogen and oxygen atoms in total. The number of thioether (sulfide) groups is 1. The van der Waals surface area contributed by atoms with Crippen LogP contribution < -0.4 is 11.1 Å². The van der Waals surface area contributed by atoms with Crippen molar-refractivity contribution in [3.05, 3.63) is 22.4 Å². The Hall–Kier alpha value is -0.520. The van der Waals surface area contributed by atoms with Crippen LogP contribution in [0.1, 0.15) is 4.88 Å². The van der Waals surface area contributed by atoms with Gasteiger partial charge in [0, 0.05) is 17.2 Å². The van der Waals surface area contributed by atoms with E-state index in [4.69, 9.17) is 5.73 Å². The molecule has 0 fully saturated rings. The van der Waals surface area contributed by atoms with Gasteiger partial charge in [-0.25, -0.2) is 0 Å². The lowest BCUT2D eigenvalue weighted by Gasteiger charge is -2.02. The van der Waals surface area contributed by atoms with Gasteiger partial charge in [-0.3, -0.25) is 4.79 Å². The monoisotopic (exact) mass is 230 g/mol. The highest BCUT2D eigenvalue weighted by atomic mass is 32.2. The fourth-order valence-electron chi connectivity index (χ4n) is 0.898. The summed E-state index contributed by atoms with van der Waals surface area (Å²) in [6.07, 6.45) is 0. The standard InChI is InChI=1S/C9H14N2OS2/c10-3-5-13-7-9(12)11-6-8-2-1-4-14-8/h1-2,4H,3,5-7,10H2,(H,11,12). The Bertz CT molecular complexity index is 262. The number of carbonyl (C=O) groups excluding carboxylic acids is 1. The van der Waals surface area contributed by atoms with Crippen LogP contribution in [0.15, 0.2) is 17.5 Å². The summed E-state index contributed by atoms with van der Waals surface area (Å²) in [7, 11) is 0. The van der Waals surface area contributed by atoms with Gasteiger partial charge in [0.25, 0.3) is 0 Å². The van der Waals surface area contributed by atoms with E-state index >= 15 is 0 Å². The summed E-state index contributed by atoms with van der Waals surface area (Å²) in [5.74, 6) is 1.42. The zero-order chi connectivity index (χ0) is 10.2. The van der Waals surface area contributed by atoms with Crippen molar-refractivity contribution >= 4 is 29.0 Å². The highest BCUT2D eigenvalue weighted by Crippen LogP contribution is 2.07. The first kappa shape index (κ1) is 11.6. The van der Waals surface area contributed by atoms with E-state index < -0.39 is 0 Å². The van der Waals surface area contributed by atoms with Gasteiger partial charge in [0.1, 0.15) is 0 Å². The smallest absolute Gasteiger partial charge is 0.230 e. The third-order valence-electron chi connectivity index (χ3n) is 1.54. The Kier molecular flexibility index (Phi) is 5.66. The van der Waals surface area contributed by atoms with Crippen LogP contribution >= 0.6 is 23.1 Å². The topological polar surface area (TPSA) is 55.1 Å². The first-order valence-corrected chi connectivity index (χ1v) is 6.43. The van der Waals surface area contributed by atoms with E-state index in [0.29, 0.717) is 18.8 Å². The van der Waals surface area contributed by atoms with Crippen LogP contribution in [0.25, 0.3) is 0 Å². The molecule has 0 atom stereocenters. The van der Waals surface area contributed by atoms with Gasteiger partial charge in [0.05, 0.1) is 12.3 Å². The molecule has 0 bridgehead atoms. The first-order valence-electron chi connectivity index (χ1n) is 4.40. The Balaban J connectivity index is 2.09. The number of nitrogens with one attached hydrogen (secondary N) is 1. The molecule has 0 saturated heterocycles. The van der Waals surface area contributed by atoms with E-state index in [2.05, 4.69) is 5.32 Å². The molecular weight excluding hydrogens is 216 g/mol. The minimum atomic E-state index is 0.0804. The molecule has 1 amide bonds. The average Bonchev–Trinajstić information content (AvgIpc) is 2.68. The van der Waals surface area contributed by atoms with Gasteiger partial charge in [-0.1, -0.05) is 6.07 Å². The fourth-order valence-corrected chi connectivity index (χ4v) is 2.14. The summed E-state index contributed by atoms with van der Waals surface area (Å²) in [4.78, 5) is 12.4. The third-order valence-corrected chi connectivity index (χ3v) is 3.40. The van der Waals surface area contributed by atoms with Crippen LogP contribution in [0.2, 0.25) is 0 Å². The molecule has 0 radical (unpaired) electrons. The van der Waals surface area contributed by atoms with Crippen molar-refractivity contribution in [3.8, 4) is 0 Å². The molecule has 0 aliphatic rings. The van der Waals surface area contributed by atoms with E-state index in [1.165, 1.54) is 4.88 Å². The summed E-state index contributed by atoms with van der Waals surface area (Å²) in [5.41, 5.74) is 5.31. The van der Waals surface area contributed by atoms with Crippen LogP contribution in [-0.2, 0) is 11.3 Å². The second kappa shape index (κ2) is 6.86. The number of rotatable bonds is 6. The molecule has 1 aromatic rings. The van der Waals surface area contributed by atoms with Gasteiger partial charge in [0.15, 0.2) is 0 Å². The largest absolute Gasteiger partial charge is 0.350 e. The van der Waals surface area contributed by atoms with Crippen molar-refractivity contribution in [1.29, 1.82) is 0 Å². The number of hydrogen-bond donors (Lipinski definition) is 2. The summed E-state index contributed by atoms with van der Waals surface area (Å²) in [6.45, 7) is 1.27. The summed E-state index contributed by atoms with van der Waals surface area (Å²) >= 11 is 3.22. The van der Waals surface area contributed by atoms with Crippen molar-refractivity contribution < 1.29 is 4.79 Å². The molecule has 1 heterocycles.